The maximum absolute atomic E-state index is 6.05. The van der Waals surface area contributed by atoms with E-state index >= 15 is 0 Å². The second-order valence-corrected chi connectivity index (χ2v) is 7.10. The average molecular weight is 244 g/mol. The number of hydrogen-bond donors (Lipinski definition) is 0. The van der Waals surface area contributed by atoms with E-state index in [1.165, 1.54) is 0 Å². The molecule has 0 aromatic rings. The van der Waals surface area contributed by atoms with Crippen molar-refractivity contribution >= 4 is 8.56 Å². The summed E-state index contributed by atoms with van der Waals surface area (Å²) in [6, 6.07) is 1.07. The van der Waals surface area contributed by atoms with Crippen LogP contribution in [0.3, 0.4) is 0 Å². The third-order valence-corrected chi connectivity index (χ3v) is 5.63. The van der Waals surface area contributed by atoms with Gasteiger partial charge >= 0.3 is 8.56 Å². The third kappa shape index (κ3) is 6.46. The van der Waals surface area contributed by atoms with E-state index in [0.29, 0.717) is 0 Å². The molecule has 0 spiro atoms. The first-order valence-corrected chi connectivity index (χ1v) is 8.80. The lowest BCUT2D eigenvalue weighted by Crippen LogP contribution is -2.41. The van der Waals surface area contributed by atoms with E-state index in [4.69, 9.17) is 8.85 Å². The van der Waals surface area contributed by atoms with Crippen LogP contribution in [-0.2, 0) is 8.85 Å². The molecule has 0 aliphatic heterocycles. The summed E-state index contributed by atoms with van der Waals surface area (Å²) in [5.41, 5.74) is 2.24. The first kappa shape index (κ1) is 15.9. The van der Waals surface area contributed by atoms with E-state index < -0.39 is 8.56 Å². The summed E-state index contributed by atoms with van der Waals surface area (Å²) in [7, 11) is -2.04. The van der Waals surface area contributed by atoms with Gasteiger partial charge < -0.3 is 8.85 Å². The summed E-state index contributed by atoms with van der Waals surface area (Å²) in [6.45, 7) is 10.3. The highest BCUT2D eigenvalue weighted by Crippen LogP contribution is 2.19. The van der Waals surface area contributed by atoms with Gasteiger partial charge in [0.1, 0.15) is 0 Å². The lowest BCUT2D eigenvalue weighted by atomic mass is 10.5. The van der Waals surface area contributed by atoms with Crippen molar-refractivity contribution in [1.29, 1.82) is 0 Å². The average Bonchev–Trinajstić information content (AvgIpc) is 2.31. The van der Waals surface area contributed by atoms with Gasteiger partial charge in [-0.05, 0) is 31.0 Å². The highest BCUT2D eigenvalue weighted by atomic mass is 28.4. The lowest BCUT2D eigenvalue weighted by molar-refractivity contribution is 0.178. The predicted molar refractivity (Wildman–Crippen MR) is 72.8 cm³/mol. The zero-order valence-electron chi connectivity index (χ0n) is 11.4. The molecule has 0 bridgehead atoms. The Hall–Kier alpha value is -0.123. The van der Waals surface area contributed by atoms with E-state index in [9.17, 15) is 0 Å². The molecule has 0 saturated carbocycles. The Morgan fingerprint density at radius 2 is 1.44 bits per heavy atom. The Kier molecular flexibility index (Phi) is 9.98. The second kappa shape index (κ2) is 10.1. The molecule has 0 N–H and O–H groups in total. The largest absolute Gasteiger partial charge is 0.391 e. The minimum atomic E-state index is -2.04. The van der Waals surface area contributed by atoms with Crippen LogP contribution in [0.4, 0.5) is 0 Å². The van der Waals surface area contributed by atoms with Crippen LogP contribution in [0.15, 0.2) is 11.8 Å². The molecule has 0 saturated heterocycles. The molecule has 0 fully saturated rings. The van der Waals surface area contributed by atoms with Crippen molar-refractivity contribution in [2.24, 2.45) is 0 Å². The van der Waals surface area contributed by atoms with E-state index in [1.54, 1.807) is 0 Å². The van der Waals surface area contributed by atoms with Gasteiger partial charge in [-0.3, -0.25) is 0 Å². The Morgan fingerprint density at radius 3 is 1.81 bits per heavy atom. The molecule has 16 heavy (non-hydrogen) atoms. The van der Waals surface area contributed by atoms with Gasteiger partial charge in [0.15, 0.2) is 0 Å². The molecule has 96 valence electrons. The van der Waals surface area contributed by atoms with Crippen molar-refractivity contribution in [3.8, 4) is 0 Å². The van der Waals surface area contributed by atoms with Crippen molar-refractivity contribution in [3.05, 3.63) is 11.8 Å². The van der Waals surface area contributed by atoms with Gasteiger partial charge in [0, 0.05) is 13.2 Å². The SMILES string of the molecule is CCC=C[Si](CCC)(OCCC)OCCC. The zero-order valence-corrected chi connectivity index (χ0v) is 12.4. The Bertz CT molecular complexity index is 173. The summed E-state index contributed by atoms with van der Waals surface area (Å²) in [4.78, 5) is 0. The third-order valence-electron chi connectivity index (χ3n) is 2.31. The van der Waals surface area contributed by atoms with Crippen LogP contribution in [0.25, 0.3) is 0 Å². The Morgan fingerprint density at radius 1 is 0.875 bits per heavy atom. The van der Waals surface area contributed by atoms with Crippen molar-refractivity contribution < 1.29 is 8.85 Å². The van der Waals surface area contributed by atoms with Gasteiger partial charge in [-0.25, -0.2) is 0 Å². The normalized spacial score (nSPS) is 12.5. The van der Waals surface area contributed by atoms with Crippen molar-refractivity contribution in [1.82, 2.24) is 0 Å². The fraction of sp³-hybridized carbons (Fsp3) is 0.846. The van der Waals surface area contributed by atoms with Gasteiger partial charge in [0.05, 0.1) is 0 Å². The van der Waals surface area contributed by atoms with Gasteiger partial charge in [0.25, 0.3) is 0 Å². The van der Waals surface area contributed by atoms with E-state index in [0.717, 1.165) is 44.9 Å². The topological polar surface area (TPSA) is 18.5 Å². The van der Waals surface area contributed by atoms with Crippen LogP contribution in [0.5, 0.6) is 0 Å². The molecule has 0 radical (unpaired) electrons. The minimum Gasteiger partial charge on any atom is -0.391 e. The van der Waals surface area contributed by atoms with Crippen LogP contribution in [0.1, 0.15) is 53.4 Å². The molecular weight excluding hydrogens is 216 g/mol. The molecular formula is C13H28O2Si. The molecule has 0 atom stereocenters. The standard InChI is InChI=1S/C13H28O2Si/c1-5-9-13-16(12-8-4,14-10-6-2)15-11-7-3/h9,13H,5-8,10-12H2,1-4H3. The van der Waals surface area contributed by atoms with Crippen LogP contribution in [0, 0.1) is 0 Å². The summed E-state index contributed by atoms with van der Waals surface area (Å²) in [5.74, 6) is 0. The highest BCUT2D eigenvalue weighted by Gasteiger charge is 2.33. The fourth-order valence-electron chi connectivity index (χ4n) is 1.56. The van der Waals surface area contributed by atoms with E-state index in [1.807, 2.05) is 0 Å². The van der Waals surface area contributed by atoms with Gasteiger partial charge in [-0.2, -0.15) is 0 Å². The highest BCUT2D eigenvalue weighted by molar-refractivity contribution is 6.72. The first-order chi connectivity index (χ1) is 7.74. The lowest BCUT2D eigenvalue weighted by Gasteiger charge is -2.27. The molecule has 0 rings (SSSR count). The van der Waals surface area contributed by atoms with Crippen LogP contribution < -0.4 is 0 Å². The van der Waals surface area contributed by atoms with Gasteiger partial charge in [0.2, 0.25) is 0 Å². The molecule has 0 aliphatic carbocycles. The second-order valence-electron chi connectivity index (χ2n) is 4.07. The summed E-state index contributed by atoms with van der Waals surface area (Å²) in [6.07, 6.45) is 6.52. The molecule has 0 aromatic carbocycles. The fourth-order valence-corrected chi connectivity index (χ4v) is 4.68. The van der Waals surface area contributed by atoms with Gasteiger partial charge in [-0.15, -0.1) is 0 Å². The van der Waals surface area contributed by atoms with E-state index in [2.05, 4.69) is 39.5 Å². The summed E-state index contributed by atoms with van der Waals surface area (Å²) in [5, 5.41) is 0. The first-order valence-electron chi connectivity index (χ1n) is 6.70. The zero-order chi connectivity index (χ0) is 12.3. The maximum Gasteiger partial charge on any atom is 0.364 e. The van der Waals surface area contributed by atoms with Crippen LogP contribution in [0.2, 0.25) is 6.04 Å². The number of allylic oxidation sites excluding steroid dienone is 1. The van der Waals surface area contributed by atoms with Crippen molar-refractivity contribution in [3.63, 3.8) is 0 Å². The number of hydrogen-bond acceptors (Lipinski definition) is 2. The molecule has 0 heterocycles. The summed E-state index contributed by atoms with van der Waals surface area (Å²) >= 11 is 0. The molecule has 0 amide bonds. The minimum absolute atomic E-state index is 0.823. The monoisotopic (exact) mass is 244 g/mol. The molecule has 2 nitrogen and oxygen atoms in total. The smallest absolute Gasteiger partial charge is 0.364 e. The number of rotatable bonds is 10. The van der Waals surface area contributed by atoms with E-state index in [-0.39, 0.29) is 0 Å². The Labute approximate surface area is 102 Å². The Balaban J connectivity index is 4.51. The maximum atomic E-state index is 6.05. The molecule has 0 unspecified atom stereocenters. The molecule has 0 aliphatic rings. The van der Waals surface area contributed by atoms with Crippen LogP contribution in [-0.4, -0.2) is 21.8 Å². The van der Waals surface area contributed by atoms with Gasteiger partial charge in [-0.1, -0.05) is 40.2 Å². The van der Waals surface area contributed by atoms with Crippen LogP contribution >= 0.6 is 0 Å². The quantitative estimate of drug-likeness (QED) is 0.536. The molecule has 3 heteroatoms. The predicted octanol–water partition coefficient (Wildman–Crippen LogP) is 4.20. The van der Waals surface area contributed by atoms with Crippen molar-refractivity contribution in [2.45, 2.75) is 59.4 Å². The molecule has 0 aromatic heterocycles. The van der Waals surface area contributed by atoms with Crippen molar-refractivity contribution in [2.75, 3.05) is 13.2 Å². The summed E-state index contributed by atoms with van der Waals surface area (Å²) < 4.78 is 12.1.